The molecule has 0 saturated carbocycles. The van der Waals surface area contributed by atoms with E-state index in [1.165, 1.54) is 0 Å². The standard InChI is InChI=1S/C22H18N2O2S/c1-14-4-3-5-16(12-14)21(25)23-17-8-6-15(7-9-17)22-24-19-11-10-18(26-2)13-20(19)27-22/h3-13H,1-2H3,(H,23,25). The molecule has 1 heterocycles. The van der Waals surface area contributed by atoms with Crippen molar-refractivity contribution in [3.63, 3.8) is 0 Å². The summed E-state index contributed by atoms with van der Waals surface area (Å²) in [6.45, 7) is 1.97. The zero-order chi connectivity index (χ0) is 18.8. The molecular weight excluding hydrogens is 356 g/mol. The molecule has 0 fully saturated rings. The van der Waals surface area contributed by atoms with Crippen LogP contribution in [0.1, 0.15) is 15.9 Å². The average molecular weight is 374 g/mol. The highest BCUT2D eigenvalue weighted by Crippen LogP contribution is 2.32. The second-order valence-corrected chi connectivity index (χ2v) is 7.28. The number of hydrogen-bond donors (Lipinski definition) is 1. The van der Waals surface area contributed by atoms with E-state index in [1.54, 1.807) is 18.4 Å². The first-order valence-electron chi connectivity index (χ1n) is 8.55. The molecule has 1 aromatic heterocycles. The highest BCUT2D eigenvalue weighted by Gasteiger charge is 2.09. The molecule has 0 atom stereocenters. The van der Waals surface area contributed by atoms with Gasteiger partial charge in [-0.15, -0.1) is 11.3 Å². The Kier molecular flexibility index (Phi) is 4.60. The fourth-order valence-corrected chi connectivity index (χ4v) is 3.84. The van der Waals surface area contributed by atoms with E-state index < -0.39 is 0 Å². The van der Waals surface area contributed by atoms with Gasteiger partial charge >= 0.3 is 0 Å². The van der Waals surface area contributed by atoms with Crippen molar-refractivity contribution in [3.8, 4) is 16.3 Å². The zero-order valence-corrected chi connectivity index (χ0v) is 15.8. The number of nitrogens with one attached hydrogen (secondary N) is 1. The van der Waals surface area contributed by atoms with Crippen LogP contribution in [-0.2, 0) is 0 Å². The maximum absolute atomic E-state index is 12.4. The Morgan fingerprint density at radius 1 is 1.04 bits per heavy atom. The van der Waals surface area contributed by atoms with Crippen LogP contribution in [0.2, 0.25) is 0 Å². The third-order valence-electron chi connectivity index (χ3n) is 4.27. The minimum Gasteiger partial charge on any atom is -0.497 e. The Bertz CT molecular complexity index is 1120. The number of aryl methyl sites for hydroxylation is 1. The van der Waals surface area contributed by atoms with Crippen molar-refractivity contribution in [2.75, 3.05) is 12.4 Å². The van der Waals surface area contributed by atoms with Gasteiger partial charge in [0, 0.05) is 16.8 Å². The fourth-order valence-electron chi connectivity index (χ4n) is 2.84. The highest BCUT2D eigenvalue weighted by atomic mass is 32.1. The van der Waals surface area contributed by atoms with Crippen LogP contribution in [0, 0.1) is 6.92 Å². The average Bonchev–Trinajstić information content (AvgIpc) is 3.11. The lowest BCUT2D eigenvalue weighted by molar-refractivity contribution is 0.102. The van der Waals surface area contributed by atoms with Gasteiger partial charge < -0.3 is 10.1 Å². The lowest BCUT2D eigenvalue weighted by Crippen LogP contribution is -2.11. The second kappa shape index (κ2) is 7.21. The number of rotatable bonds is 4. The molecule has 0 aliphatic rings. The fraction of sp³-hybridized carbons (Fsp3) is 0.0909. The van der Waals surface area contributed by atoms with E-state index in [0.29, 0.717) is 5.56 Å². The van der Waals surface area contributed by atoms with Gasteiger partial charge in [0.15, 0.2) is 0 Å². The minimum atomic E-state index is -0.112. The molecular formula is C22H18N2O2S. The van der Waals surface area contributed by atoms with Crippen molar-refractivity contribution in [2.24, 2.45) is 0 Å². The van der Waals surface area contributed by atoms with E-state index in [0.717, 1.165) is 37.8 Å². The van der Waals surface area contributed by atoms with Crippen molar-refractivity contribution < 1.29 is 9.53 Å². The van der Waals surface area contributed by atoms with Crippen molar-refractivity contribution in [1.29, 1.82) is 0 Å². The molecule has 134 valence electrons. The van der Waals surface area contributed by atoms with E-state index in [2.05, 4.69) is 10.3 Å². The summed E-state index contributed by atoms with van der Waals surface area (Å²) < 4.78 is 6.36. The number of thiazole rings is 1. The number of anilines is 1. The van der Waals surface area contributed by atoms with Gasteiger partial charge in [-0.2, -0.15) is 0 Å². The van der Waals surface area contributed by atoms with Crippen molar-refractivity contribution in [1.82, 2.24) is 4.98 Å². The number of carbonyl (C=O) groups is 1. The summed E-state index contributed by atoms with van der Waals surface area (Å²) in [5.41, 5.74) is 4.44. The Labute approximate surface area is 161 Å². The molecule has 27 heavy (non-hydrogen) atoms. The Morgan fingerprint density at radius 2 is 1.85 bits per heavy atom. The summed E-state index contributed by atoms with van der Waals surface area (Å²) in [7, 11) is 1.66. The normalized spacial score (nSPS) is 10.7. The Balaban J connectivity index is 1.54. The predicted octanol–water partition coefficient (Wildman–Crippen LogP) is 5.53. The van der Waals surface area contributed by atoms with Crippen LogP contribution in [0.25, 0.3) is 20.8 Å². The third-order valence-corrected chi connectivity index (χ3v) is 5.33. The van der Waals surface area contributed by atoms with Gasteiger partial charge in [-0.05, 0) is 61.5 Å². The highest BCUT2D eigenvalue weighted by molar-refractivity contribution is 7.21. The van der Waals surface area contributed by atoms with Crippen LogP contribution in [-0.4, -0.2) is 18.0 Å². The molecule has 0 spiro atoms. The monoisotopic (exact) mass is 374 g/mol. The molecule has 4 nitrogen and oxygen atoms in total. The largest absolute Gasteiger partial charge is 0.497 e. The van der Waals surface area contributed by atoms with Crippen molar-refractivity contribution in [2.45, 2.75) is 6.92 Å². The summed E-state index contributed by atoms with van der Waals surface area (Å²) in [6, 6.07) is 21.2. The molecule has 3 aromatic carbocycles. The third kappa shape index (κ3) is 3.68. The van der Waals surface area contributed by atoms with E-state index in [9.17, 15) is 4.79 Å². The smallest absolute Gasteiger partial charge is 0.255 e. The number of nitrogens with zero attached hydrogens (tertiary/aromatic N) is 1. The number of benzene rings is 3. The van der Waals surface area contributed by atoms with Crippen LogP contribution in [0.15, 0.2) is 66.7 Å². The van der Waals surface area contributed by atoms with Crippen molar-refractivity contribution in [3.05, 3.63) is 77.9 Å². The van der Waals surface area contributed by atoms with Crippen molar-refractivity contribution >= 4 is 33.1 Å². The molecule has 0 aliphatic carbocycles. The van der Waals surface area contributed by atoms with Gasteiger partial charge in [0.05, 0.1) is 17.3 Å². The molecule has 5 heteroatoms. The van der Waals surface area contributed by atoms with Crippen LogP contribution < -0.4 is 10.1 Å². The summed E-state index contributed by atoms with van der Waals surface area (Å²) in [5, 5.41) is 3.87. The number of carbonyl (C=O) groups excluding carboxylic acids is 1. The first kappa shape index (κ1) is 17.2. The SMILES string of the molecule is COc1ccc2nc(-c3ccc(NC(=O)c4cccc(C)c4)cc3)sc2c1. The van der Waals surface area contributed by atoms with Crippen LogP contribution in [0.4, 0.5) is 5.69 Å². The van der Waals surface area contributed by atoms with Crippen LogP contribution >= 0.6 is 11.3 Å². The van der Waals surface area contributed by atoms with Gasteiger partial charge in [-0.25, -0.2) is 4.98 Å². The molecule has 4 rings (SSSR count). The zero-order valence-electron chi connectivity index (χ0n) is 15.0. The van der Waals surface area contributed by atoms with E-state index in [-0.39, 0.29) is 5.91 Å². The number of methoxy groups -OCH3 is 1. The summed E-state index contributed by atoms with van der Waals surface area (Å²) in [6.07, 6.45) is 0. The molecule has 0 radical (unpaired) electrons. The summed E-state index contributed by atoms with van der Waals surface area (Å²) in [4.78, 5) is 17.0. The quantitative estimate of drug-likeness (QED) is 0.511. The number of hydrogen-bond acceptors (Lipinski definition) is 4. The molecule has 1 N–H and O–H groups in total. The Morgan fingerprint density at radius 3 is 2.59 bits per heavy atom. The maximum Gasteiger partial charge on any atom is 0.255 e. The lowest BCUT2D eigenvalue weighted by atomic mass is 10.1. The molecule has 0 bridgehead atoms. The molecule has 0 unspecified atom stereocenters. The topological polar surface area (TPSA) is 51.2 Å². The van der Waals surface area contributed by atoms with E-state index in [1.807, 2.05) is 73.7 Å². The van der Waals surface area contributed by atoms with Crippen LogP contribution in [0.3, 0.4) is 0 Å². The first-order valence-corrected chi connectivity index (χ1v) is 9.37. The van der Waals surface area contributed by atoms with E-state index in [4.69, 9.17) is 4.74 Å². The van der Waals surface area contributed by atoms with Gasteiger partial charge in [-0.3, -0.25) is 4.79 Å². The maximum atomic E-state index is 12.4. The van der Waals surface area contributed by atoms with Gasteiger partial charge in [0.2, 0.25) is 0 Å². The number of amides is 1. The van der Waals surface area contributed by atoms with E-state index >= 15 is 0 Å². The summed E-state index contributed by atoms with van der Waals surface area (Å²) >= 11 is 1.62. The molecule has 0 saturated heterocycles. The summed E-state index contributed by atoms with van der Waals surface area (Å²) in [5.74, 6) is 0.713. The van der Waals surface area contributed by atoms with Gasteiger partial charge in [-0.1, -0.05) is 17.7 Å². The lowest BCUT2D eigenvalue weighted by Gasteiger charge is -2.06. The van der Waals surface area contributed by atoms with Gasteiger partial charge in [0.1, 0.15) is 10.8 Å². The second-order valence-electron chi connectivity index (χ2n) is 6.25. The first-order chi connectivity index (χ1) is 13.1. The minimum absolute atomic E-state index is 0.112. The predicted molar refractivity (Wildman–Crippen MR) is 111 cm³/mol. The Hall–Kier alpha value is -3.18. The number of aromatic nitrogens is 1. The number of fused-ring (bicyclic) bond motifs is 1. The molecule has 1 amide bonds. The van der Waals surface area contributed by atoms with Gasteiger partial charge in [0.25, 0.3) is 5.91 Å². The number of ether oxygens (including phenoxy) is 1. The van der Waals surface area contributed by atoms with Crippen LogP contribution in [0.5, 0.6) is 5.75 Å². The molecule has 4 aromatic rings. The molecule has 0 aliphatic heterocycles.